The highest BCUT2D eigenvalue weighted by Crippen LogP contribution is 2.31. The van der Waals surface area contributed by atoms with Crippen LogP contribution in [0.5, 0.6) is 0 Å². The van der Waals surface area contributed by atoms with Gasteiger partial charge in [-0.25, -0.2) is 0 Å². The van der Waals surface area contributed by atoms with Crippen molar-refractivity contribution in [3.63, 3.8) is 0 Å². The van der Waals surface area contributed by atoms with E-state index >= 15 is 0 Å². The summed E-state index contributed by atoms with van der Waals surface area (Å²) < 4.78 is 38.9. The minimum absolute atomic E-state index is 0.150. The van der Waals surface area contributed by atoms with E-state index < -0.39 is 23.6 Å². The van der Waals surface area contributed by atoms with Crippen LogP contribution in [0.15, 0.2) is 84.0 Å². The van der Waals surface area contributed by atoms with E-state index in [1.165, 1.54) is 24.4 Å². The first kappa shape index (κ1) is 29.7. The second kappa shape index (κ2) is 13.4. The minimum atomic E-state index is -4.48. The number of amidine groups is 1. The number of nitrogens with two attached hydrogens (primary N) is 1. The number of halogens is 4. The summed E-state index contributed by atoms with van der Waals surface area (Å²) in [7, 11) is 0. The maximum absolute atomic E-state index is 13.3. The Morgan fingerprint density at radius 2 is 1.76 bits per heavy atom. The fourth-order valence-corrected chi connectivity index (χ4v) is 4.55. The van der Waals surface area contributed by atoms with Crippen LogP contribution in [0.2, 0.25) is 0 Å². The fraction of sp³-hybridized carbons (Fsp3) is 0.233. The van der Waals surface area contributed by atoms with Crippen molar-refractivity contribution < 1.29 is 22.8 Å². The Balaban J connectivity index is 1.56. The molecule has 4 N–H and O–H groups in total. The fourth-order valence-electron chi connectivity index (χ4n) is 4.38. The Morgan fingerprint density at radius 1 is 1.00 bits per heavy atom. The zero-order valence-corrected chi connectivity index (χ0v) is 22.8. The van der Waals surface area contributed by atoms with E-state index in [0.29, 0.717) is 5.56 Å². The molecule has 4 rings (SSSR count). The van der Waals surface area contributed by atoms with Crippen LogP contribution >= 0.6 is 11.6 Å². The first-order valence-electron chi connectivity index (χ1n) is 13.0. The summed E-state index contributed by atoms with van der Waals surface area (Å²) in [5, 5.41) is 5.48. The Morgan fingerprint density at radius 3 is 2.49 bits per heavy atom. The number of nitrogens with zero attached hydrogens (tertiary/aromatic N) is 2. The molecule has 3 aromatic carbocycles. The zero-order valence-electron chi connectivity index (χ0n) is 22.0. The van der Waals surface area contributed by atoms with Gasteiger partial charge in [-0.15, -0.1) is 11.6 Å². The number of benzene rings is 3. The maximum Gasteiger partial charge on any atom is 0.416 e. The van der Waals surface area contributed by atoms with E-state index in [2.05, 4.69) is 20.5 Å². The lowest BCUT2D eigenvalue weighted by atomic mass is 10.1. The third-order valence-electron chi connectivity index (χ3n) is 6.47. The molecular formula is C30H29ClF3N5O2. The highest BCUT2D eigenvalue weighted by atomic mass is 35.5. The van der Waals surface area contributed by atoms with Crippen molar-refractivity contribution in [2.45, 2.75) is 31.3 Å². The number of hydrogen-bond acceptors (Lipinski definition) is 4. The normalized spacial score (nSPS) is 14.2. The van der Waals surface area contributed by atoms with E-state index in [4.69, 9.17) is 17.3 Å². The van der Waals surface area contributed by atoms with Gasteiger partial charge in [-0.3, -0.25) is 9.59 Å². The van der Waals surface area contributed by atoms with Crippen LogP contribution in [0.4, 0.5) is 30.2 Å². The Bertz CT molecular complexity index is 1470. The number of carbonyl (C=O) groups is 2. The van der Waals surface area contributed by atoms with Gasteiger partial charge in [0.05, 0.1) is 16.8 Å². The molecule has 1 heterocycles. The second-order valence-corrected chi connectivity index (χ2v) is 9.73. The molecule has 1 fully saturated rings. The number of carbonyl (C=O) groups excluding carboxylic acids is 2. The molecule has 0 unspecified atom stereocenters. The molecule has 0 radical (unpaired) electrons. The maximum atomic E-state index is 13.3. The lowest BCUT2D eigenvalue weighted by Gasteiger charge is -2.29. The van der Waals surface area contributed by atoms with Crippen LogP contribution in [-0.2, 0) is 12.1 Å². The quantitative estimate of drug-likeness (QED) is 0.154. The highest BCUT2D eigenvalue weighted by molar-refractivity contribution is 6.17. The second-order valence-electron chi connectivity index (χ2n) is 9.46. The van der Waals surface area contributed by atoms with Crippen LogP contribution in [0.1, 0.15) is 51.1 Å². The molecule has 1 aliphatic rings. The molecule has 41 heavy (non-hydrogen) atoms. The van der Waals surface area contributed by atoms with Crippen molar-refractivity contribution in [1.29, 1.82) is 0 Å². The number of anilines is 3. The summed E-state index contributed by atoms with van der Waals surface area (Å²) in [6.45, 7) is 1.69. The third-order valence-corrected chi connectivity index (χ3v) is 6.78. The van der Waals surface area contributed by atoms with Crippen molar-refractivity contribution in [3.8, 4) is 0 Å². The number of nitrogens with one attached hydrogen (secondary N) is 2. The van der Waals surface area contributed by atoms with Gasteiger partial charge in [0.1, 0.15) is 5.84 Å². The standard InChI is InChI=1S/C30H29ClF3N5O2/c31-19-20-6-4-7-21(16-20)28(40)37-26-11-10-24(39-14-2-1-3-15-39)18-25(26)29(41)38-27(35)12-13-36-23-9-5-8-22(17-23)30(32,33)34/h4-13,16-18,36H,1-3,14-15,19H2,(H,37,40)(H2,35,38,41)/b13-12-. The van der Waals surface area contributed by atoms with Crippen molar-refractivity contribution in [2.24, 2.45) is 10.7 Å². The molecule has 0 saturated carbocycles. The van der Waals surface area contributed by atoms with Gasteiger partial charge in [-0.1, -0.05) is 18.2 Å². The average molecular weight is 584 g/mol. The molecule has 1 saturated heterocycles. The molecule has 11 heteroatoms. The Kier molecular flexibility index (Phi) is 9.67. The molecule has 214 valence electrons. The zero-order chi connectivity index (χ0) is 29.4. The largest absolute Gasteiger partial charge is 0.416 e. The van der Waals surface area contributed by atoms with Crippen LogP contribution in [-0.4, -0.2) is 30.7 Å². The van der Waals surface area contributed by atoms with Crippen molar-refractivity contribution >= 4 is 46.3 Å². The molecule has 0 atom stereocenters. The molecule has 0 aliphatic carbocycles. The summed E-state index contributed by atoms with van der Waals surface area (Å²) in [6.07, 6.45) is 1.29. The summed E-state index contributed by atoms with van der Waals surface area (Å²) >= 11 is 5.90. The molecule has 1 aliphatic heterocycles. The van der Waals surface area contributed by atoms with Crippen molar-refractivity contribution in [1.82, 2.24) is 0 Å². The van der Waals surface area contributed by atoms with Gasteiger partial charge in [0.25, 0.3) is 11.8 Å². The molecular weight excluding hydrogens is 555 g/mol. The Labute approximate surface area is 240 Å². The van der Waals surface area contributed by atoms with Crippen molar-refractivity contribution in [3.05, 3.63) is 101 Å². The number of piperidine rings is 1. The van der Waals surface area contributed by atoms with E-state index in [1.54, 1.807) is 36.4 Å². The lowest BCUT2D eigenvalue weighted by molar-refractivity contribution is -0.137. The summed E-state index contributed by atoms with van der Waals surface area (Å²) in [5.41, 5.74) is 7.73. The third kappa shape index (κ3) is 8.11. The Hall–Kier alpha value is -4.31. The van der Waals surface area contributed by atoms with Gasteiger partial charge in [0, 0.05) is 42.1 Å². The monoisotopic (exact) mass is 583 g/mol. The van der Waals surface area contributed by atoms with E-state index in [-0.39, 0.29) is 28.7 Å². The molecule has 2 amide bonds. The number of aliphatic imine (C=N–C) groups is 1. The van der Waals surface area contributed by atoms with Crippen LogP contribution in [0, 0.1) is 0 Å². The number of rotatable bonds is 8. The van der Waals surface area contributed by atoms with Gasteiger partial charge in [-0.05, 0) is 79.4 Å². The number of alkyl halides is 4. The SMILES string of the molecule is NC(/C=C\Nc1cccc(C(F)(F)F)c1)=NC(=O)c1cc(N2CCCCC2)ccc1NC(=O)c1cccc(CCl)c1. The number of amides is 2. The molecule has 0 bridgehead atoms. The molecule has 3 aromatic rings. The predicted octanol–water partition coefficient (Wildman–Crippen LogP) is 6.81. The summed E-state index contributed by atoms with van der Waals surface area (Å²) in [4.78, 5) is 32.4. The highest BCUT2D eigenvalue weighted by Gasteiger charge is 2.30. The van der Waals surface area contributed by atoms with E-state index in [1.807, 2.05) is 6.07 Å². The lowest BCUT2D eigenvalue weighted by Crippen LogP contribution is -2.29. The first-order chi connectivity index (χ1) is 19.6. The summed E-state index contributed by atoms with van der Waals surface area (Å²) in [5.74, 6) is -1.03. The van der Waals surface area contributed by atoms with E-state index in [9.17, 15) is 22.8 Å². The predicted molar refractivity (Wildman–Crippen MR) is 157 cm³/mol. The van der Waals surface area contributed by atoms with Gasteiger partial charge in [0.15, 0.2) is 0 Å². The van der Waals surface area contributed by atoms with Gasteiger partial charge in [-0.2, -0.15) is 18.2 Å². The summed E-state index contributed by atoms with van der Waals surface area (Å²) in [6, 6.07) is 16.7. The molecule has 7 nitrogen and oxygen atoms in total. The first-order valence-corrected chi connectivity index (χ1v) is 13.5. The number of hydrogen-bond donors (Lipinski definition) is 3. The molecule has 0 spiro atoms. The van der Waals surface area contributed by atoms with Crippen LogP contribution in [0.25, 0.3) is 0 Å². The van der Waals surface area contributed by atoms with Gasteiger partial charge in [0.2, 0.25) is 0 Å². The van der Waals surface area contributed by atoms with Crippen molar-refractivity contribution in [2.75, 3.05) is 28.6 Å². The minimum Gasteiger partial charge on any atom is -0.384 e. The topological polar surface area (TPSA) is 99.8 Å². The van der Waals surface area contributed by atoms with Gasteiger partial charge < -0.3 is 21.3 Å². The van der Waals surface area contributed by atoms with Crippen LogP contribution < -0.4 is 21.3 Å². The van der Waals surface area contributed by atoms with Gasteiger partial charge >= 0.3 is 6.18 Å². The smallest absolute Gasteiger partial charge is 0.384 e. The van der Waals surface area contributed by atoms with Crippen LogP contribution in [0.3, 0.4) is 0 Å². The molecule has 0 aromatic heterocycles. The average Bonchev–Trinajstić information content (AvgIpc) is 2.97. The van der Waals surface area contributed by atoms with E-state index in [0.717, 1.165) is 55.7 Å².